The number of benzene rings is 1. The first-order chi connectivity index (χ1) is 9.62. The van der Waals surface area contributed by atoms with Crippen LogP contribution in [0.1, 0.15) is 46.1 Å². The molecule has 0 radical (unpaired) electrons. The van der Waals surface area contributed by atoms with Gasteiger partial charge in [0, 0.05) is 10.9 Å². The fraction of sp³-hybridized carbons (Fsp3) is 0.500. The van der Waals surface area contributed by atoms with Crippen LogP contribution < -0.4 is 0 Å². The maximum absolute atomic E-state index is 14.4. The minimum atomic E-state index is -0.948. The molecule has 0 aromatic heterocycles. The van der Waals surface area contributed by atoms with Gasteiger partial charge in [-0.25, -0.2) is 4.39 Å². The van der Waals surface area contributed by atoms with Crippen LogP contribution in [0.4, 0.5) is 4.39 Å². The summed E-state index contributed by atoms with van der Waals surface area (Å²) in [5, 5.41) is 0.642. The Labute approximate surface area is 131 Å². The van der Waals surface area contributed by atoms with Crippen molar-refractivity contribution < 1.29 is 13.7 Å². The number of halogens is 2. The van der Waals surface area contributed by atoms with Crippen LogP contribution in [0.2, 0.25) is 5.02 Å². The van der Waals surface area contributed by atoms with Crippen molar-refractivity contribution in [1.82, 2.24) is 0 Å². The van der Waals surface area contributed by atoms with E-state index in [-0.39, 0.29) is 5.92 Å². The molecule has 1 atom stereocenters. The first-order valence-electron chi connectivity index (χ1n) is 7.11. The second kappa shape index (κ2) is 5.75. The number of hydrogen-bond donors (Lipinski definition) is 0. The molecule has 0 spiro atoms. The van der Waals surface area contributed by atoms with E-state index < -0.39 is 24.0 Å². The van der Waals surface area contributed by atoms with Crippen LogP contribution in [0.5, 0.6) is 0 Å². The quantitative estimate of drug-likeness (QED) is 0.737. The summed E-state index contributed by atoms with van der Waals surface area (Å²) in [4.78, 5) is 0. The Morgan fingerprint density at radius 2 is 1.81 bits per heavy atom. The van der Waals surface area contributed by atoms with Gasteiger partial charge in [-0.15, -0.1) is 0 Å². The van der Waals surface area contributed by atoms with Gasteiger partial charge in [-0.05, 0) is 51.5 Å². The summed E-state index contributed by atoms with van der Waals surface area (Å²) in [7, 11) is -0.948. The van der Waals surface area contributed by atoms with Crippen molar-refractivity contribution in [1.29, 1.82) is 0 Å². The van der Waals surface area contributed by atoms with E-state index in [1.165, 1.54) is 6.08 Å². The van der Waals surface area contributed by atoms with Crippen molar-refractivity contribution in [2.24, 2.45) is 0 Å². The topological polar surface area (TPSA) is 18.5 Å². The van der Waals surface area contributed by atoms with Gasteiger partial charge >= 0.3 is 7.12 Å². The normalized spacial score (nSPS) is 22.4. The van der Waals surface area contributed by atoms with Crippen molar-refractivity contribution in [3.05, 3.63) is 46.7 Å². The molecule has 0 aliphatic carbocycles. The highest BCUT2D eigenvalue weighted by molar-refractivity contribution is 6.53. The minimum absolute atomic E-state index is 0.109. The van der Waals surface area contributed by atoms with Crippen LogP contribution in [-0.4, -0.2) is 18.3 Å². The van der Waals surface area contributed by atoms with E-state index >= 15 is 0 Å². The molecule has 1 aliphatic heterocycles. The van der Waals surface area contributed by atoms with Gasteiger partial charge in [-0.1, -0.05) is 30.7 Å². The maximum Gasteiger partial charge on any atom is 0.524 e. The zero-order valence-corrected chi connectivity index (χ0v) is 13.9. The predicted octanol–water partition coefficient (Wildman–Crippen LogP) is 4.93. The lowest BCUT2D eigenvalue weighted by Gasteiger charge is -2.32. The van der Waals surface area contributed by atoms with Gasteiger partial charge in [-0.3, -0.25) is 0 Å². The predicted molar refractivity (Wildman–Crippen MR) is 85.1 cm³/mol. The molecule has 5 heteroatoms. The molecule has 2 nitrogen and oxygen atoms in total. The van der Waals surface area contributed by atoms with E-state index in [1.54, 1.807) is 6.07 Å². The fourth-order valence-corrected chi connectivity index (χ4v) is 2.36. The van der Waals surface area contributed by atoms with E-state index in [4.69, 9.17) is 20.9 Å². The highest BCUT2D eigenvalue weighted by atomic mass is 35.5. The molecule has 0 saturated carbocycles. The van der Waals surface area contributed by atoms with E-state index in [1.807, 2.05) is 52.8 Å². The number of allylic oxidation sites excluding steroid dienone is 1. The van der Waals surface area contributed by atoms with Gasteiger partial charge in [0.05, 0.1) is 11.2 Å². The molecule has 1 aromatic carbocycles. The third-order valence-corrected chi connectivity index (χ3v) is 4.50. The molecular formula is C16H21BClFO2. The van der Waals surface area contributed by atoms with E-state index in [0.29, 0.717) is 5.02 Å². The van der Waals surface area contributed by atoms with Gasteiger partial charge in [0.15, 0.2) is 0 Å². The van der Waals surface area contributed by atoms with Crippen LogP contribution in [0, 0.1) is 0 Å². The zero-order valence-electron chi connectivity index (χ0n) is 13.1. The van der Waals surface area contributed by atoms with Crippen molar-refractivity contribution in [3.8, 4) is 0 Å². The zero-order chi connectivity index (χ0) is 15.8. The number of hydrogen-bond acceptors (Lipinski definition) is 2. The average molecular weight is 311 g/mol. The lowest BCUT2D eigenvalue weighted by molar-refractivity contribution is 0.00578. The molecule has 2 rings (SSSR count). The lowest BCUT2D eigenvalue weighted by Crippen LogP contribution is -2.41. The Morgan fingerprint density at radius 3 is 2.33 bits per heavy atom. The van der Waals surface area contributed by atoms with Gasteiger partial charge in [-0.2, -0.15) is 0 Å². The molecule has 0 amide bonds. The third-order valence-electron chi connectivity index (χ3n) is 4.26. The largest absolute Gasteiger partial charge is 0.524 e. The third kappa shape index (κ3) is 3.50. The molecule has 1 heterocycles. The van der Waals surface area contributed by atoms with Crippen LogP contribution in [0.3, 0.4) is 0 Å². The van der Waals surface area contributed by atoms with Crippen LogP contribution in [-0.2, 0) is 9.31 Å². The molecule has 1 unspecified atom stereocenters. The molecular weight excluding hydrogens is 289 g/mol. The first-order valence-corrected chi connectivity index (χ1v) is 7.48. The smallest absolute Gasteiger partial charge is 0.398 e. The monoisotopic (exact) mass is 310 g/mol. The van der Waals surface area contributed by atoms with Crippen molar-refractivity contribution in [3.63, 3.8) is 0 Å². The minimum Gasteiger partial charge on any atom is -0.398 e. The molecule has 0 bridgehead atoms. The summed E-state index contributed by atoms with van der Waals surface area (Å²) in [6, 6.07) is 7.41. The Hall–Kier alpha value is -0.835. The van der Waals surface area contributed by atoms with Gasteiger partial charge in [0.2, 0.25) is 0 Å². The molecule has 21 heavy (non-hydrogen) atoms. The standard InChI is InChI=1S/C16H21BClFO2/c1-11(12-7-6-8-13(18)10-12)9-14(19)17-20-15(2,3)16(4,5)21-17/h6-11H,1-5H3. The molecule has 114 valence electrons. The summed E-state index contributed by atoms with van der Waals surface area (Å²) in [5.74, 6) is -0.109. The van der Waals surface area contributed by atoms with Crippen molar-refractivity contribution in [2.45, 2.75) is 51.7 Å². The molecule has 1 aromatic rings. The van der Waals surface area contributed by atoms with Crippen molar-refractivity contribution in [2.75, 3.05) is 0 Å². The summed E-state index contributed by atoms with van der Waals surface area (Å²) in [6.07, 6.45) is 1.52. The SMILES string of the molecule is CC(C=C(F)B1OC(C)(C)C(C)(C)O1)c1cccc(Cl)c1. The Kier molecular flexibility index (Phi) is 4.53. The second-order valence-electron chi connectivity index (χ2n) is 6.48. The Bertz CT molecular complexity index is 541. The fourth-order valence-electron chi connectivity index (χ4n) is 2.16. The number of rotatable bonds is 3. The molecule has 1 aliphatic rings. The van der Waals surface area contributed by atoms with Crippen LogP contribution in [0.25, 0.3) is 0 Å². The van der Waals surface area contributed by atoms with E-state index in [2.05, 4.69) is 0 Å². The maximum atomic E-state index is 14.4. The molecule has 0 N–H and O–H groups in total. The first kappa shape index (κ1) is 16.5. The van der Waals surface area contributed by atoms with Crippen LogP contribution in [0.15, 0.2) is 36.1 Å². The highest BCUT2D eigenvalue weighted by Gasteiger charge is 2.53. The lowest BCUT2D eigenvalue weighted by atomic mass is 9.85. The highest BCUT2D eigenvalue weighted by Crippen LogP contribution is 2.39. The average Bonchev–Trinajstić information content (AvgIpc) is 2.58. The van der Waals surface area contributed by atoms with E-state index in [0.717, 1.165) is 5.56 Å². The summed E-state index contributed by atoms with van der Waals surface area (Å²) in [5.41, 5.74) is -0.528. The Balaban J connectivity index is 2.15. The summed E-state index contributed by atoms with van der Waals surface area (Å²) < 4.78 is 25.8. The molecule has 1 fully saturated rings. The van der Waals surface area contributed by atoms with E-state index in [9.17, 15) is 4.39 Å². The summed E-state index contributed by atoms with van der Waals surface area (Å²) >= 11 is 5.96. The Morgan fingerprint density at radius 1 is 1.24 bits per heavy atom. The van der Waals surface area contributed by atoms with Crippen LogP contribution >= 0.6 is 11.6 Å². The van der Waals surface area contributed by atoms with Gasteiger partial charge in [0.25, 0.3) is 0 Å². The second-order valence-corrected chi connectivity index (χ2v) is 6.92. The van der Waals surface area contributed by atoms with Gasteiger partial charge in [0.1, 0.15) is 5.73 Å². The van der Waals surface area contributed by atoms with Gasteiger partial charge < -0.3 is 9.31 Å². The van der Waals surface area contributed by atoms with Crippen molar-refractivity contribution >= 4 is 18.7 Å². The summed E-state index contributed by atoms with van der Waals surface area (Å²) in [6.45, 7) is 9.53. The molecule has 1 saturated heterocycles.